The second kappa shape index (κ2) is 7.11. The third-order valence-corrected chi connectivity index (χ3v) is 3.47. The van der Waals surface area contributed by atoms with E-state index in [0.29, 0.717) is 0 Å². The molecule has 0 saturated carbocycles. The van der Waals surface area contributed by atoms with Gasteiger partial charge in [0.15, 0.2) is 0 Å². The third-order valence-electron chi connectivity index (χ3n) is 3.47. The predicted molar refractivity (Wildman–Crippen MR) is 85.2 cm³/mol. The summed E-state index contributed by atoms with van der Waals surface area (Å²) in [6.07, 6.45) is 1.16. The molecule has 2 heteroatoms. The lowest BCUT2D eigenvalue weighted by molar-refractivity contribution is 0.412. The number of rotatable bonds is 6. The smallest absolute Gasteiger partial charge is 0.121 e. The number of ether oxygens (including phenoxy) is 1. The summed E-state index contributed by atoms with van der Waals surface area (Å²) in [5, 5.41) is 3.47. The van der Waals surface area contributed by atoms with Crippen LogP contribution in [0.3, 0.4) is 0 Å². The molecule has 2 aromatic rings. The van der Waals surface area contributed by atoms with Crippen LogP contribution < -0.4 is 10.1 Å². The summed E-state index contributed by atoms with van der Waals surface area (Å²) in [5.74, 6) is 0.940. The Morgan fingerprint density at radius 1 is 1.10 bits per heavy atom. The number of nitrogens with one attached hydrogen (secondary N) is 1. The summed E-state index contributed by atoms with van der Waals surface area (Å²) >= 11 is 0. The van der Waals surface area contributed by atoms with Gasteiger partial charge in [0.1, 0.15) is 5.75 Å². The van der Waals surface area contributed by atoms with Gasteiger partial charge in [-0.25, -0.2) is 0 Å². The van der Waals surface area contributed by atoms with Crippen molar-refractivity contribution in [2.24, 2.45) is 0 Å². The number of aryl methyl sites for hydroxylation is 1. The van der Waals surface area contributed by atoms with Crippen molar-refractivity contribution in [1.82, 2.24) is 5.32 Å². The van der Waals surface area contributed by atoms with Crippen LogP contribution in [-0.4, -0.2) is 13.7 Å². The van der Waals surface area contributed by atoms with Crippen LogP contribution in [0, 0.1) is 6.92 Å². The van der Waals surface area contributed by atoms with Gasteiger partial charge >= 0.3 is 0 Å². The molecule has 2 nitrogen and oxygen atoms in total. The van der Waals surface area contributed by atoms with E-state index in [2.05, 4.69) is 55.6 Å². The second-order valence-corrected chi connectivity index (χ2v) is 5.02. The van der Waals surface area contributed by atoms with Gasteiger partial charge in [-0.3, -0.25) is 0 Å². The van der Waals surface area contributed by atoms with Crippen LogP contribution in [0.4, 0.5) is 0 Å². The first-order valence-electron chi connectivity index (χ1n) is 7.20. The summed E-state index contributed by atoms with van der Waals surface area (Å²) in [5.41, 5.74) is 5.05. The molecule has 2 rings (SSSR count). The summed E-state index contributed by atoms with van der Waals surface area (Å²) in [7, 11) is 1.71. The fourth-order valence-corrected chi connectivity index (χ4v) is 2.40. The molecule has 0 aliphatic heterocycles. The van der Waals surface area contributed by atoms with Crippen LogP contribution in [0.15, 0.2) is 42.5 Å². The molecule has 20 heavy (non-hydrogen) atoms. The first-order valence-corrected chi connectivity index (χ1v) is 7.20. The van der Waals surface area contributed by atoms with Crippen molar-refractivity contribution >= 4 is 0 Å². The molecule has 0 bridgehead atoms. The molecule has 0 radical (unpaired) electrons. The van der Waals surface area contributed by atoms with Gasteiger partial charge in [-0.15, -0.1) is 0 Å². The molecule has 0 spiro atoms. The van der Waals surface area contributed by atoms with E-state index in [1.807, 2.05) is 6.07 Å². The second-order valence-electron chi connectivity index (χ2n) is 5.02. The SMILES string of the molecule is CCCNCc1ccccc1-c1ccc(OC)c(C)c1. The van der Waals surface area contributed by atoms with Crippen LogP contribution in [0.25, 0.3) is 11.1 Å². The van der Waals surface area contributed by atoms with Crippen molar-refractivity contribution in [2.75, 3.05) is 13.7 Å². The number of benzene rings is 2. The van der Waals surface area contributed by atoms with E-state index < -0.39 is 0 Å². The zero-order valence-corrected chi connectivity index (χ0v) is 12.6. The third kappa shape index (κ3) is 3.40. The van der Waals surface area contributed by atoms with Gasteiger partial charge < -0.3 is 10.1 Å². The minimum Gasteiger partial charge on any atom is -0.496 e. The Labute approximate surface area is 121 Å². The van der Waals surface area contributed by atoms with E-state index in [9.17, 15) is 0 Å². The van der Waals surface area contributed by atoms with E-state index in [1.54, 1.807) is 7.11 Å². The lowest BCUT2D eigenvalue weighted by Gasteiger charge is -2.12. The largest absolute Gasteiger partial charge is 0.496 e. The molecule has 106 valence electrons. The molecule has 0 fully saturated rings. The molecule has 0 aromatic heterocycles. The number of hydrogen-bond acceptors (Lipinski definition) is 2. The summed E-state index contributed by atoms with van der Waals surface area (Å²) in [6.45, 7) is 6.23. The van der Waals surface area contributed by atoms with Gasteiger partial charge in [0.05, 0.1) is 7.11 Å². The fraction of sp³-hybridized carbons (Fsp3) is 0.333. The van der Waals surface area contributed by atoms with Gasteiger partial charge in [0, 0.05) is 6.54 Å². The van der Waals surface area contributed by atoms with E-state index in [0.717, 1.165) is 25.3 Å². The van der Waals surface area contributed by atoms with E-state index in [4.69, 9.17) is 4.74 Å². The summed E-state index contributed by atoms with van der Waals surface area (Å²) in [4.78, 5) is 0. The quantitative estimate of drug-likeness (QED) is 0.795. The fourth-order valence-electron chi connectivity index (χ4n) is 2.40. The Bertz CT molecular complexity index is 563. The van der Waals surface area contributed by atoms with Crippen molar-refractivity contribution in [1.29, 1.82) is 0 Å². The molecule has 0 unspecified atom stereocenters. The maximum atomic E-state index is 5.33. The summed E-state index contributed by atoms with van der Waals surface area (Å²) in [6, 6.07) is 14.9. The van der Waals surface area contributed by atoms with Gasteiger partial charge in [-0.2, -0.15) is 0 Å². The maximum Gasteiger partial charge on any atom is 0.121 e. The lowest BCUT2D eigenvalue weighted by atomic mass is 9.98. The number of hydrogen-bond donors (Lipinski definition) is 1. The molecule has 1 N–H and O–H groups in total. The van der Waals surface area contributed by atoms with Gasteiger partial charge in [0.25, 0.3) is 0 Å². The average Bonchev–Trinajstić information content (AvgIpc) is 2.48. The normalized spacial score (nSPS) is 10.6. The molecular formula is C18H23NO. The van der Waals surface area contributed by atoms with Crippen LogP contribution >= 0.6 is 0 Å². The van der Waals surface area contributed by atoms with Crippen LogP contribution in [0.2, 0.25) is 0 Å². The molecule has 0 aliphatic rings. The molecule has 0 aliphatic carbocycles. The number of methoxy groups -OCH3 is 1. The molecule has 2 aromatic carbocycles. The van der Waals surface area contributed by atoms with Crippen molar-refractivity contribution < 1.29 is 4.74 Å². The molecular weight excluding hydrogens is 246 g/mol. The van der Waals surface area contributed by atoms with Crippen LogP contribution in [0.1, 0.15) is 24.5 Å². The summed E-state index contributed by atoms with van der Waals surface area (Å²) < 4.78 is 5.33. The van der Waals surface area contributed by atoms with E-state index in [-0.39, 0.29) is 0 Å². The van der Waals surface area contributed by atoms with Gasteiger partial charge in [0.2, 0.25) is 0 Å². The van der Waals surface area contributed by atoms with Crippen molar-refractivity contribution in [3.05, 3.63) is 53.6 Å². The Kier molecular flexibility index (Phi) is 5.19. The van der Waals surface area contributed by atoms with Crippen LogP contribution in [-0.2, 0) is 6.54 Å². The van der Waals surface area contributed by atoms with Gasteiger partial charge in [-0.1, -0.05) is 37.3 Å². The minimum absolute atomic E-state index is 0.912. The highest BCUT2D eigenvalue weighted by atomic mass is 16.5. The average molecular weight is 269 g/mol. The van der Waals surface area contributed by atoms with E-state index in [1.165, 1.54) is 22.3 Å². The zero-order valence-electron chi connectivity index (χ0n) is 12.6. The molecule has 0 amide bonds. The van der Waals surface area contributed by atoms with Crippen molar-refractivity contribution in [2.45, 2.75) is 26.8 Å². The Morgan fingerprint density at radius 2 is 1.90 bits per heavy atom. The highest BCUT2D eigenvalue weighted by Gasteiger charge is 2.06. The standard InChI is InChI=1S/C18H23NO/c1-4-11-19-13-16-7-5-6-8-17(16)15-9-10-18(20-3)14(2)12-15/h5-10,12,19H,4,11,13H2,1-3H3. The van der Waals surface area contributed by atoms with Gasteiger partial charge in [-0.05, 0) is 54.3 Å². The minimum atomic E-state index is 0.912. The van der Waals surface area contributed by atoms with Crippen molar-refractivity contribution in [3.8, 4) is 16.9 Å². The lowest BCUT2D eigenvalue weighted by Crippen LogP contribution is -2.14. The van der Waals surface area contributed by atoms with Crippen LogP contribution in [0.5, 0.6) is 5.75 Å². The van der Waals surface area contributed by atoms with Crippen molar-refractivity contribution in [3.63, 3.8) is 0 Å². The molecule has 0 heterocycles. The maximum absolute atomic E-state index is 5.33. The molecule has 0 saturated heterocycles. The predicted octanol–water partition coefficient (Wildman–Crippen LogP) is 4.17. The Hall–Kier alpha value is -1.80. The first-order chi connectivity index (χ1) is 9.76. The first kappa shape index (κ1) is 14.6. The topological polar surface area (TPSA) is 21.3 Å². The monoisotopic (exact) mass is 269 g/mol. The highest BCUT2D eigenvalue weighted by Crippen LogP contribution is 2.28. The highest BCUT2D eigenvalue weighted by molar-refractivity contribution is 5.69. The zero-order chi connectivity index (χ0) is 14.4. The van der Waals surface area contributed by atoms with E-state index >= 15 is 0 Å². The molecule has 0 atom stereocenters. The Balaban J connectivity index is 2.29. The Morgan fingerprint density at radius 3 is 2.60 bits per heavy atom.